The first kappa shape index (κ1) is 10.7. The van der Waals surface area contributed by atoms with Crippen LogP contribution in [0.4, 0.5) is 0 Å². The molecule has 0 spiro atoms. The van der Waals surface area contributed by atoms with E-state index in [1.54, 1.807) is 0 Å². The average molecular weight is 227 g/mol. The molecule has 0 aliphatic heterocycles. The summed E-state index contributed by atoms with van der Waals surface area (Å²) in [6, 6.07) is 0. The number of hydrogen-bond acceptors (Lipinski definition) is 3. The van der Waals surface area contributed by atoms with Gasteiger partial charge < -0.3 is 10.9 Å². The van der Waals surface area contributed by atoms with Gasteiger partial charge in [0, 0.05) is 0 Å². The van der Waals surface area contributed by atoms with Crippen molar-refractivity contribution in [2.45, 2.75) is 0 Å². The van der Waals surface area contributed by atoms with Crippen LogP contribution in [0.3, 0.4) is 0 Å². The monoisotopic (exact) mass is 227 g/mol. The Labute approximate surface area is 61.5 Å². The van der Waals surface area contributed by atoms with E-state index < -0.39 is 0 Å². The maximum atomic E-state index is 9.35. The van der Waals surface area contributed by atoms with Gasteiger partial charge in [-0.25, -0.2) is 0 Å². The highest BCUT2D eigenvalue weighted by Crippen LogP contribution is 1.73. The predicted molar refractivity (Wildman–Crippen MR) is 38.8 cm³/mol. The molecule has 0 amide bonds. The fourth-order valence-electron chi connectivity index (χ4n) is 0.0930. The quantitative estimate of drug-likeness (QED) is 0.310. The van der Waals surface area contributed by atoms with Crippen LogP contribution in [0.1, 0.15) is 0 Å². The van der Waals surface area contributed by atoms with Crippen molar-refractivity contribution in [3.8, 4) is 12.0 Å². The van der Waals surface area contributed by atoms with E-state index in [9.17, 15) is 4.79 Å². The van der Waals surface area contributed by atoms with Gasteiger partial charge in [-0.1, -0.05) is 22.6 Å². The molecule has 46 valence electrons. The van der Waals surface area contributed by atoms with Crippen molar-refractivity contribution in [2.75, 3.05) is 4.43 Å². The van der Waals surface area contributed by atoms with Gasteiger partial charge in [0.15, 0.2) is 0 Å². The zero-order valence-corrected chi connectivity index (χ0v) is 6.34. The summed E-state index contributed by atoms with van der Waals surface area (Å²) in [4.78, 5) is 9.35. The Morgan fingerprint density at radius 3 is 2.75 bits per heavy atom. The van der Waals surface area contributed by atoms with E-state index in [4.69, 9.17) is 0 Å². The Balaban J connectivity index is 0. The highest BCUT2D eigenvalue weighted by molar-refractivity contribution is 14.1. The second-order valence-corrected chi connectivity index (χ2v) is 1.39. The van der Waals surface area contributed by atoms with Crippen LogP contribution in [0.2, 0.25) is 0 Å². The van der Waals surface area contributed by atoms with Crippen LogP contribution in [-0.2, 0) is 9.53 Å². The summed E-state index contributed by atoms with van der Waals surface area (Å²) in [5.74, 6) is 2.53. The highest BCUT2D eigenvalue weighted by atomic mass is 127. The molecule has 0 aliphatic rings. The topological polar surface area (TPSA) is 61.3 Å². The number of carbonyl (C=O) groups excluding carboxylic acids is 1. The van der Waals surface area contributed by atoms with Crippen molar-refractivity contribution in [3.05, 3.63) is 0 Å². The van der Waals surface area contributed by atoms with Crippen LogP contribution in [0.15, 0.2) is 0 Å². The van der Waals surface area contributed by atoms with E-state index in [1.807, 2.05) is 0 Å². The second-order valence-electron chi connectivity index (χ2n) is 0.627. The summed E-state index contributed by atoms with van der Waals surface area (Å²) in [5, 5.41) is 0. The average Bonchev–Trinajstić information content (AvgIpc) is 1.69. The van der Waals surface area contributed by atoms with Crippen LogP contribution in [0.5, 0.6) is 0 Å². The number of carbonyl (C=O) groups is 1. The van der Waals surface area contributed by atoms with Crippen LogP contribution in [0.25, 0.3) is 0 Å². The standard InChI is InChI=1S/C4H3IO2.H3N/c5-2-1-3-7-4-6;/h4H,2H2;1H3. The minimum Gasteiger partial charge on any atom is -0.375 e. The number of alkyl halides is 1. The number of ether oxygens (including phenoxy) is 1. The summed E-state index contributed by atoms with van der Waals surface area (Å²) in [6.07, 6.45) is 2.16. The maximum absolute atomic E-state index is 9.35. The molecule has 4 heteroatoms. The molecule has 0 bridgehead atoms. The second kappa shape index (κ2) is 9.87. The molecule has 0 saturated carbocycles. The maximum Gasteiger partial charge on any atom is 0.307 e. The van der Waals surface area contributed by atoms with E-state index in [2.05, 4.69) is 39.4 Å². The van der Waals surface area contributed by atoms with Gasteiger partial charge in [0.2, 0.25) is 0 Å². The molecule has 3 nitrogen and oxygen atoms in total. The predicted octanol–water partition coefficient (Wildman–Crippen LogP) is 0.717. The Kier molecular flexibility index (Phi) is 13.1. The molecule has 0 aromatic rings. The molecule has 0 radical (unpaired) electrons. The van der Waals surface area contributed by atoms with E-state index in [0.29, 0.717) is 10.9 Å². The zero-order valence-electron chi connectivity index (χ0n) is 4.19. The van der Waals surface area contributed by atoms with Gasteiger partial charge in [-0.2, -0.15) is 0 Å². The van der Waals surface area contributed by atoms with Gasteiger partial charge in [-0.15, -0.1) is 0 Å². The first-order valence-corrected chi connectivity index (χ1v) is 3.07. The Hall–Kier alpha value is -0.280. The summed E-state index contributed by atoms with van der Waals surface area (Å²) in [5.41, 5.74) is 0. The van der Waals surface area contributed by atoms with Gasteiger partial charge in [-0.3, -0.25) is 4.79 Å². The summed E-state index contributed by atoms with van der Waals surface area (Å²) in [6.45, 7) is 0.305. The summed E-state index contributed by atoms with van der Waals surface area (Å²) in [7, 11) is 0. The Morgan fingerprint density at radius 2 is 2.38 bits per heavy atom. The third kappa shape index (κ3) is 9.21. The lowest BCUT2D eigenvalue weighted by molar-refractivity contribution is -0.122. The van der Waals surface area contributed by atoms with E-state index in [0.717, 1.165) is 0 Å². The SMILES string of the molecule is N.O=COC#CCI. The normalized spacial score (nSPS) is 5.12. The zero-order chi connectivity index (χ0) is 5.54. The molecule has 0 unspecified atom stereocenters. The summed E-state index contributed by atoms with van der Waals surface area (Å²) >= 11 is 2.06. The first-order valence-electron chi connectivity index (χ1n) is 1.55. The van der Waals surface area contributed by atoms with Crippen molar-refractivity contribution >= 4 is 29.1 Å². The molecule has 0 atom stereocenters. The lowest BCUT2D eigenvalue weighted by Gasteiger charge is -1.70. The molecule has 0 saturated heterocycles. The van der Waals surface area contributed by atoms with Crippen molar-refractivity contribution in [2.24, 2.45) is 0 Å². The van der Waals surface area contributed by atoms with Crippen molar-refractivity contribution in [1.82, 2.24) is 6.15 Å². The molecular weight excluding hydrogens is 221 g/mol. The summed E-state index contributed by atoms with van der Waals surface area (Å²) < 4.78 is 4.71. The van der Waals surface area contributed by atoms with Crippen LogP contribution >= 0.6 is 22.6 Å². The molecule has 3 N–H and O–H groups in total. The highest BCUT2D eigenvalue weighted by Gasteiger charge is 1.62. The largest absolute Gasteiger partial charge is 0.375 e. The fourth-order valence-corrected chi connectivity index (χ4v) is 0.249. The molecule has 0 heterocycles. The van der Waals surface area contributed by atoms with Gasteiger partial charge in [0.05, 0.1) is 4.43 Å². The molecular formula is C4H6INO2. The fraction of sp³-hybridized carbons (Fsp3) is 0.250. The minimum atomic E-state index is 0. The van der Waals surface area contributed by atoms with Crippen molar-refractivity contribution in [1.29, 1.82) is 0 Å². The van der Waals surface area contributed by atoms with Crippen molar-refractivity contribution < 1.29 is 9.53 Å². The molecule has 0 rings (SSSR count). The van der Waals surface area contributed by atoms with E-state index in [1.165, 1.54) is 0 Å². The van der Waals surface area contributed by atoms with Crippen LogP contribution < -0.4 is 6.15 Å². The Morgan fingerprint density at radius 1 is 1.75 bits per heavy atom. The Bertz CT molecular complexity index is 104. The van der Waals surface area contributed by atoms with Gasteiger partial charge in [0.1, 0.15) is 6.11 Å². The first-order chi connectivity index (χ1) is 3.41. The third-order valence-corrected chi connectivity index (χ3v) is 0.627. The molecule has 0 aromatic heterocycles. The number of rotatable bonds is 1. The third-order valence-electron chi connectivity index (χ3n) is 0.246. The van der Waals surface area contributed by atoms with E-state index >= 15 is 0 Å². The van der Waals surface area contributed by atoms with Gasteiger partial charge >= 0.3 is 6.47 Å². The number of halogens is 1. The molecule has 0 aliphatic carbocycles. The molecule has 0 aromatic carbocycles. The van der Waals surface area contributed by atoms with Gasteiger partial charge in [-0.05, 0) is 5.92 Å². The van der Waals surface area contributed by atoms with Gasteiger partial charge in [0.25, 0.3) is 0 Å². The van der Waals surface area contributed by atoms with E-state index in [-0.39, 0.29) is 6.15 Å². The molecule has 8 heavy (non-hydrogen) atoms. The lowest BCUT2D eigenvalue weighted by Crippen LogP contribution is -1.72. The number of hydrogen-bond donors (Lipinski definition) is 1. The van der Waals surface area contributed by atoms with Crippen LogP contribution in [0, 0.1) is 12.0 Å². The van der Waals surface area contributed by atoms with Crippen molar-refractivity contribution in [3.63, 3.8) is 0 Å². The molecule has 0 fully saturated rings. The lowest BCUT2D eigenvalue weighted by atomic mass is 10.8. The minimum absolute atomic E-state index is 0. The smallest absolute Gasteiger partial charge is 0.307 e. The van der Waals surface area contributed by atoms with Crippen LogP contribution in [-0.4, -0.2) is 10.9 Å².